The number of rotatable bonds is 7. The first-order chi connectivity index (χ1) is 15.5. The Bertz CT molecular complexity index is 1130. The molecular weight excluding hydrogens is 412 g/mol. The van der Waals surface area contributed by atoms with Crippen LogP contribution in [0.3, 0.4) is 0 Å². The topological polar surface area (TPSA) is 89.3 Å². The summed E-state index contributed by atoms with van der Waals surface area (Å²) in [5, 5.41) is 0. The predicted molar refractivity (Wildman–Crippen MR) is 115 cm³/mol. The van der Waals surface area contributed by atoms with E-state index in [2.05, 4.69) is 0 Å². The highest BCUT2D eigenvalue weighted by Gasteiger charge is 2.44. The van der Waals surface area contributed by atoms with Gasteiger partial charge in [-0.1, -0.05) is 18.2 Å². The Hall–Kier alpha value is -4.07. The van der Waals surface area contributed by atoms with Gasteiger partial charge in [0.25, 0.3) is 11.8 Å². The highest BCUT2D eigenvalue weighted by atomic mass is 16.5. The maximum Gasteiger partial charge on any atom is 0.257 e. The van der Waals surface area contributed by atoms with Gasteiger partial charge in [0.1, 0.15) is 11.8 Å². The summed E-state index contributed by atoms with van der Waals surface area (Å²) in [5.74, 6) is 0.109. The van der Waals surface area contributed by atoms with Gasteiger partial charge in [0.05, 0.1) is 39.1 Å². The number of imide groups is 1. The molecule has 2 heterocycles. The highest BCUT2D eigenvalue weighted by molar-refractivity contribution is 6.23. The van der Waals surface area contributed by atoms with Crippen molar-refractivity contribution in [2.45, 2.75) is 19.0 Å². The summed E-state index contributed by atoms with van der Waals surface area (Å²) in [5.41, 5.74) is 0.772. The number of carbonyl (C=O) groups is 3. The van der Waals surface area contributed by atoms with E-state index in [1.807, 2.05) is 0 Å². The molecule has 4 rings (SSSR count). The highest BCUT2D eigenvalue weighted by Crippen LogP contribution is 2.31. The third-order valence-electron chi connectivity index (χ3n) is 5.31. The quantitative estimate of drug-likeness (QED) is 0.530. The first-order valence-electron chi connectivity index (χ1n) is 10.0. The molecule has 0 N–H and O–H groups in total. The number of furan rings is 1. The normalized spacial score (nSPS) is 15.7. The summed E-state index contributed by atoms with van der Waals surface area (Å²) >= 11 is 0. The zero-order valence-corrected chi connectivity index (χ0v) is 17.7. The Morgan fingerprint density at radius 3 is 2.44 bits per heavy atom. The molecule has 1 atom stereocenters. The van der Waals surface area contributed by atoms with Gasteiger partial charge in [-0.05, 0) is 42.5 Å². The molecule has 0 bridgehead atoms. The fourth-order valence-electron chi connectivity index (χ4n) is 3.74. The molecule has 1 aliphatic heterocycles. The molecule has 1 aromatic heterocycles. The second-order valence-corrected chi connectivity index (χ2v) is 7.21. The molecule has 0 spiro atoms. The second-order valence-electron chi connectivity index (χ2n) is 7.21. The van der Waals surface area contributed by atoms with Crippen LogP contribution in [0.1, 0.15) is 22.5 Å². The lowest BCUT2D eigenvalue weighted by Gasteiger charge is -2.27. The summed E-state index contributed by atoms with van der Waals surface area (Å²) in [4.78, 5) is 42.1. The minimum absolute atomic E-state index is 0.0342. The molecule has 2 aromatic carbocycles. The number of para-hydroxylation sites is 1. The van der Waals surface area contributed by atoms with Crippen molar-refractivity contribution in [1.82, 2.24) is 4.90 Å². The van der Waals surface area contributed by atoms with Crippen molar-refractivity contribution in [2.24, 2.45) is 0 Å². The lowest BCUT2D eigenvalue weighted by Crippen LogP contribution is -2.45. The smallest absolute Gasteiger partial charge is 0.257 e. The van der Waals surface area contributed by atoms with E-state index < -0.39 is 17.9 Å². The van der Waals surface area contributed by atoms with E-state index in [9.17, 15) is 14.4 Å². The Labute approximate surface area is 184 Å². The van der Waals surface area contributed by atoms with Crippen molar-refractivity contribution in [3.8, 4) is 11.5 Å². The Morgan fingerprint density at radius 2 is 1.78 bits per heavy atom. The van der Waals surface area contributed by atoms with Gasteiger partial charge < -0.3 is 18.8 Å². The van der Waals surface area contributed by atoms with E-state index in [-0.39, 0.29) is 18.9 Å². The van der Waals surface area contributed by atoms with Crippen molar-refractivity contribution in [3.05, 3.63) is 78.3 Å². The summed E-state index contributed by atoms with van der Waals surface area (Å²) < 4.78 is 16.0. The average molecular weight is 434 g/mol. The van der Waals surface area contributed by atoms with E-state index in [0.717, 1.165) is 4.90 Å². The molecule has 1 unspecified atom stereocenters. The van der Waals surface area contributed by atoms with E-state index in [1.165, 1.54) is 25.4 Å². The van der Waals surface area contributed by atoms with Crippen LogP contribution in [-0.4, -0.2) is 42.9 Å². The van der Waals surface area contributed by atoms with Crippen LogP contribution in [-0.2, 0) is 16.1 Å². The molecule has 164 valence electrons. The van der Waals surface area contributed by atoms with Gasteiger partial charge in [-0.2, -0.15) is 0 Å². The molecule has 0 saturated carbocycles. The van der Waals surface area contributed by atoms with E-state index in [4.69, 9.17) is 13.9 Å². The Kier molecular flexibility index (Phi) is 5.93. The Balaban J connectivity index is 1.69. The molecule has 0 aliphatic carbocycles. The number of hydrogen-bond donors (Lipinski definition) is 0. The van der Waals surface area contributed by atoms with Gasteiger partial charge in [-0.3, -0.25) is 14.4 Å². The number of nitrogens with zero attached hydrogens (tertiary/aromatic N) is 2. The number of benzene rings is 2. The van der Waals surface area contributed by atoms with Gasteiger partial charge in [0, 0.05) is 5.56 Å². The molecule has 8 nitrogen and oxygen atoms in total. The largest absolute Gasteiger partial charge is 0.493 e. The molecule has 32 heavy (non-hydrogen) atoms. The molecular formula is C24H22N2O6. The fraction of sp³-hybridized carbons (Fsp3) is 0.208. The van der Waals surface area contributed by atoms with E-state index in [0.29, 0.717) is 28.5 Å². The van der Waals surface area contributed by atoms with Gasteiger partial charge >= 0.3 is 0 Å². The minimum atomic E-state index is -0.964. The van der Waals surface area contributed by atoms with Crippen LogP contribution in [0.4, 0.5) is 5.69 Å². The lowest BCUT2D eigenvalue weighted by atomic mass is 10.1. The molecule has 3 aromatic rings. The van der Waals surface area contributed by atoms with Gasteiger partial charge in [-0.15, -0.1) is 0 Å². The third kappa shape index (κ3) is 3.94. The number of amides is 3. The monoisotopic (exact) mass is 434 g/mol. The second kappa shape index (κ2) is 8.97. The maximum atomic E-state index is 13.5. The number of ether oxygens (including phenoxy) is 2. The number of anilines is 1. The zero-order valence-electron chi connectivity index (χ0n) is 17.7. The van der Waals surface area contributed by atoms with Crippen molar-refractivity contribution < 1.29 is 28.3 Å². The van der Waals surface area contributed by atoms with Crippen LogP contribution >= 0.6 is 0 Å². The number of methoxy groups -OCH3 is 2. The molecule has 1 saturated heterocycles. The van der Waals surface area contributed by atoms with Crippen molar-refractivity contribution in [2.75, 3.05) is 19.1 Å². The van der Waals surface area contributed by atoms with Crippen molar-refractivity contribution >= 4 is 23.4 Å². The van der Waals surface area contributed by atoms with Crippen molar-refractivity contribution in [1.29, 1.82) is 0 Å². The fourth-order valence-corrected chi connectivity index (χ4v) is 3.74. The zero-order chi connectivity index (χ0) is 22.7. The van der Waals surface area contributed by atoms with E-state index >= 15 is 0 Å². The predicted octanol–water partition coefficient (Wildman–Crippen LogP) is 3.27. The SMILES string of the molecule is COc1ccc(C(=O)N(Cc2ccco2)C2CC(=O)N(c3ccccc3)C2=O)cc1OC. The molecule has 8 heteroatoms. The van der Waals surface area contributed by atoms with E-state index in [1.54, 1.807) is 60.7 Å². The van der Waals surface area contributed by atoms with Crippen LogP contribution in [0.15, 0.2) is 71.3 Å². The molecule has 1 aliphatic rings. The van der Waals surface area contributed by atoms with Gasteiger partial charge in [0.15, 0.2) is 11.5 Å². The van der Waals surface area contributed by atoms with Gasteiger partial charge in [-0.25, -0.2) is 4.90 Å². The summed E-state index contributed by atoms with van der Waals surface area (Å²) in [6, 6.07) is 15.9. The van der Waals surface area contributed by atoms with Crippen LogP contribution in [0.2, 0.25) is 0 Å². The summed E-state index contributed by atoms with van der Waals surface area (Å²) in [6.07, 6.45) is 1.37. The summed E-state index contributed by atoms with van der Waals surface area (Å²) in [7, 11) is 2.98. The lowest BCUT2D eigenvalue weighted by molar-refractivity contribution is -0.122. The summed E-state index contributed by atoms with van der Waals surface area (Å²) in [6.45, 7) is 0.0342. The third-order valence-corrected chi connectivity index (χ3v) is 5.31. The first-order valence-corrected chi connectivity index (χ1v) is 10.0. The van der Waals surface area contributed by atoms with Gasteiger partial charge in [0.2, 0.25) is 5.91 Å². The standard InChI is InChI=1S/C24H22N2O6/c1-30-20-11-10-16(13-21(20)31-2)23(28)25(15-18-9-6-12-32-18)19-14-22(27)26(24(19)29)17-7-4-3-5-8-17/h3-13,19H,14-15H2,1-2H3. The Morgan fingerprint density at radius 1 is 1.03 bits per heavy atom. The molecule has 0 radical (unpaired) electrons. The first kappa shape index (κ1) is 21.2. The maximum absolute atomic E-state index is 13.5. The molecule has 1 fully saturated rings. The van der Waals surface area contributed by atoms with Crippen LogP contribution < -0.4 is 14.4 Å². The minimum Gasteiger partial charge on any atom is -0.493 e. The number of hydrogen-bond acceptors (Lipinski definition) is 6. The molecule has 3 amide bonds. The van der Waals surface area contributed by atoms with Crippen LogP contribution in [0, 0.1) is 0 Å². The average Bonchev–Trinajstić information content (AvgIpc) is 3.44. The van der Waals surface area contributed by atoms with Crippen LogP contribution in [0.5, 0.6) is 11.5 Å². The van der Waals surface area contributed by atoms with Crippen LogP contribution in [0.25, 0.3) is 0 Å². The van der Waals surface area contributed by atoms with Crippen molar-refractivity contribution in [3.63, 3.8) is 0 Å². The number of carbonyl (C=O) groups excluding carboxylic acids is 3.